The van der Waals surface area contributed by atoms with E-state index in [2.05, 4.69) is 15.3 Å². The lowest BCUT2D eigenvalue weighted by molar-refractivity contribution is -0.115. The largest absolute Gasteiger partial charge is 0.463 e. The molecule has 0 bridgehead atoms. The van der Waals surface area contributed by atoms with E-state index in [-0.39, 0.29) is 11.2 Å². The van der Waals surface area contributed by atoms with Gasteiger partial charge in [0.05, 0.1) is 17.8 Å². The number of nitrogens with zero attached hydrogens (tertiary/aromatic N) is 1. The van der Waals surface area contributed by atoms with Crippen molar-refractivity contribution in [1.82, 2.24) is 9.97 Å². The molecular weight excluding hydrogens is 410 g/mol. The molecule has 8 heteroatoms. The predicted octanol–water partition coefficient (Wildman–Crippen LogP) is 6.09. The van der Waals surface area contributed by atoms with Crippen LogP contribution in [-0.4, -0.2) is 21.1 Å². The monoisotopic (exact) mass is 427 g/mol. The number of carbonyl (C=O) groups is 1. The molecule has 3 heterocycles. The second-order valence-corrected chi connectivity index (χ2v) is 7.86. The minimum Gasteiger partial charge on any atom is -0.463 e. The Balaban J connectivity index is 1.57. The first-order valence-corrected chi connectivity index (χ1v) is 10.3. The summed E-state index contributed by atoms with van der Waals surface area (Å²) in [5.74, 6) is 1.15. The van der Waals surface area contributed by atoms with Gasteiger partial charge in [0.2, 0.25) is 5.91 Å². The summed E-state index contributed by atoms with van der Waals surface area (Å²) in [6.45, 7) is 1.96. The van der Waals surface area contributed by atoms with E-state index >= 15 is 0 Å². The molecular formula is C21H18ClN3O3S. The van der Waals surface area contributed by atoms with Crippen LogP contribution in [0.3, 0.4) is 0 Å². The van der Waals surface area contributed by atoms with Gasteiger partial charge < -0.3 is 19.1 Å². The van der Waals surface area contributed by atoms with E-state index in [9.17, 15) is 4.79 Å². The third-order valence-corrected chi connectivity index (χ3v) is 5.70. The normalized spacial score (nSPS) is 12.1. The number of thioether (sulfide) groups is 1. The summed E-state index contributed by atoms with van der Waals surface area (Å²) >= 11 is 7.35. The van der Waals surface area contributed by atoms with Crippen LogP contribution < -0.4 is 5.32 Å². The molecule has 4 aromatic rings. The molecule has 0 fully saturated rings. The van der Waals surface area contributed by atoms with E-state index in [0.717, 1.165) is 0 Å². The van der Waals surface area contributed by atoms with Crippen LogP contribution in [0.4, 0.5) is 5.69 Å². The van der Waals surface area contributed by atoms with Gasteiger partial charge in [-0.25, -0.2) is 4.98 Å². The zero-order chi connectivity index (χ0) is 20.2. The number of nitrogens with one attached hydrogen (secondary N) is 2. The van der Waals surface area contributed by atoms with Crippen molar-refractivity contribution in [1.29, 1.82) is 0 Å². The van der Waals surface area contributed by atoms with Gasteiger partial charge in [0.15, 0.2) is 16.7 Å². The molecule has 0 aliphatic carbocycles. The van der Waals surface area contributed by atoms with E-state index in [4.69, 9.17) is 20.4 Å². The predicted molar refractivity (Wildman–Crippen MR) is 114 cm³/mol. The molecule has 29 heavy (non-hydrogen) atoms. The van der Waals surface area contributed by atoms with Crippen molar-refractivity contribution in [2.45, 2.75) is 23.8 Å². The molecule has 148 valence electrons. The summed E-state index contributed by atoms with van der Waals surface area (Å²) in [5.41, 5.74) is 2.00. The van der Waals surface area contributed by atoms with Crippen LogP contribution in [0.2, 0.25) is 5.02 Å². The zero-order valence-corrected chi connectivity index (χ0v) is 17.1. The first-order chi connectivity index (χ1) is 14.1. The number of benzene rings is 1. The van der Waals surface area contributed by atoms with Crippen molar-refractivity contribution < 1.29 is 13.6 Å². The Labute approximate surface area is 176 Å². The third kappa shape index (κ3) is 4.41. The average Bonchev–Trinajstić information content (AvgIpc) is 3.47. The number of furan rings is 2. The van der Waals surface area contributed by atoms with Crippen molar-refractivity contribution >= 4 is 35.0 Å². The summed E-state index contributed by atoms with van der Waals surface area (Å²) < 4.78 is 11.0. The standard InChI is InChI=1S/C21H18ClN3O3S/c1-2-17(20(26)23-14-7-3-6-13(22)12-14)29-21-24-18(15-8-4-10-27-15)19(25-21)16-9-5-11-28-16/h3-12,17H,2H2,1H3,(H,23,26)(H,24,25). The van der Waals surface area contributed by atoms with Gasteiger partial charge >= 0.3 is 0 Å². The molecule has 0 saturated heterocycles. The van der Waals surface area contributed by atoms with Crippen molar-refractivity contribution in [3.05, 3.63) is 66.1 Å². The van der Waals surface area contributed by atoms with Gasteiger partial charge in [-0.05, 0) is 48.9 Å². The number of hydrogen-bond donors (Lipinski definition) is 2. The van der Waals surface area contributed by atoms with Crippen molar-refractivity contribution in [3.8, 4) is 22.9 Å². The Morgan fingerprint density at radius 3 is 2.59 bits per heavy atom. The maximum absolute atomic E-state index is 12.8. The van der Waals surface area contributed by atoms with Gasteiger partial charge in [0.1, 0.15) is 11.4 Å². The van der Waals surface area contributed by atoms with Gasteiger partial charge in [-0.1, -0.05) is 36.4 Å². The number of rotatable bonds is 7. The summed E-state index contributed by atoms with van der Waals surface area (Å²) in [5, 5.41) is 3.75. The second kappa shape index (κ2) is 8.63. The van der Waals surface area contributed by atoms with Crippen LogP contribution in [0.1, 0.15) is 13.3 Å². The SMILES string of the molecule is CCC(Sc1nc(-c2ccco2)c(-c2ccco2)[nH]1)C(=O)Nc1cccc(Cl)c1. The molecule has 0 radical (unpaired) electrons. The maximum Gasteiger partial charge on any atom is 0.237 e. The van der Waals surface area contributed by atoms with E-state index in [1.165, 1.54) is 11.8 Å². The van der Waals surface area contributed by atoms with Crippen LogP contribution in [0.5, 0.6) is 0 Å². The average molecular weight is 428 g/mol. The number of imidazole rings is 1. The lowest BCUT2D eigenvalue weighted by Gasteiger charge is -2.13. The number of amides is 1. The molecule has 0 saturated carbocycles. The third-order valence-electron chi connectivity index (χ3n) is 4.21. The molecule has 1 aromatic carbocycles. The van der Waals surface area contributed by atoms with E-state index in [1.807, 2.05) is 25.1 Å². The summed E-state index contributed by atoms with van der Waals surface area (Å²) in [6.07, 6.45) is 3.82. The van der Waals surface area contributed by atoms with E-state index < -0.39 is 0 Å². The number of hydrogen-bond acceptors (Lipinski definition) is 5. The Hall–Kier alpha value is -2.90. The Bertz CT molecular complexity index is 1040. The molecule has 3 aromatic heterocycles. The minimum absolute atomic E-state index is 0.115. The number of H-pyrrole nitrogens is 1. The molecule has 2 N–H and O–H groups in total. The Morgan fingerprint density at radius 1 is 1.17 bits per heavy atom. The fourth-order valence-corrected chi connectivity index (χ4v) is 3.94. The van der Waals surface area contributed by atoms with Gasteiger partial charge in [0.25, 0.3) is 0 Å². The molecule has 6 nitrogen and oxygen atoms in total. The fraction of sp³-hybridized carbons (Fsp3) is 0.143. The Kier molecular flexibility index (Phi) is 5.78. The summed E-state index contributed by atoms with van der Waals surface area (Å²) in [7, 11) is 0. The van der Waals surface area contributed by atoms with Crippen molar-refractivity contribution in [3.63, 3.8) is 0 Å². The van der Waals surface area contributed by atoms with Crippen LogP contribution in [0.15, 0.2) is 75.0 Å². The Morgan fingerprint density at radius 2 is 1.93 bits per heavy atom. The molecule has 1 atom stereocenters. The molecule has 0 aliphatic heterocycles. The number of halogens is 1. The maximum atomic E-state index is 12.8. The number of anilines is 1. The molecule has 0 spiro atoms. The molecule has 1 amide bonds. The van der Waals surface area contributed by atoms with Crippen molar-refractivity contribution in [2.24, 2.45) is 0 Å². The van der Waals surface area contributed by atoms with Crippen LogP contribution in [-0.2, 0) is 4.79 Å². The van der Waals surface area contributed by atoms with Gasteiger partial charge in [-0.3, -0.25) is 4.79 Å². The first-order valence-electron chi connectivity index (χ1n) is 9.05. The highest BCUT2D eigenvalue weighted by Crippen LogP contribution is 2.35. The van der Waals surface area contributed by atoms with Crippen LogP contribution in [0.25, 0.3) is 22.9 Å². The van der Waals surface area contributed by atoms with Crippen LogP contribution in [0, 0.1) is 0 Å². The summed E-state index contributed by atoms with van der Waals surface area (Å²) in [6, 6.07) is 14.4. The van der Waals surface area contributed by atoms with Gasteiger partial charge in [0, 0.05) is 10.7 Å². The van der Waals surface area contributed by atoms with Crippen LogP contribution >= 0.6 is 23.4 Å². The lowest BCUT2D eigenvalue weighted by atomic mass is 10.2. The number of aromatic nitrogens is 2. The van der Waals surface area contributed by atoms with E-state index in [1.54, 1.807) is 42.9 Å². The topological polar surface area (TPSA) is 84.1 Å². The van der Waals surface area contributed by atoms with Gasteiger partial charge in [-0.2, -0.15) is 0 Å². The van der Waals surface area contributed by atoms with E-state index in [0.29, 0.717) is 45.2 Å². The molecule has 0 aliphatic rings. The number of carbonyl (C=O) groups excluding carboxylic acids is 1. The molecule has 4 rings (SSSR count). The highest BCUT2D eigenvalue weighted by molar-refractivity contribution is 8.00. The van der Waals surface area contributed by atoms with Gasteiger partial charge in [-0.15, -0.1) is 0 Å². The molecule has 1 unspecified atom stereocenters. The first kappa shape index (κ1) is 19.4. The lowest BCUT2D eigenvalue weighted by Crippen LogP contribution is -2.24. The number of aromatic amines is 1. The highest BCUT2D eigenvalue weighted by atomic mass is 35.5. The highest BCUT2D eigenvalue weighted by Gasteiger charge is 2.23. The minimum atomic E-state index is -0.339. The zero-order valence-electron chi connectivity index (χ0n) is 15.5. The quantitative estimate of drug-likeness (QED) is 0.348. The summed E-state index contributed by atoms with van der Waals surface area (Å²) in [4.78, 5) is 20.7. The smallest absolute Gasteiger partial charge is 0.237 e. The second-order valence-electron chi connectivity index (χ2n) is 6.23. The fourth-order valence-electron chi connectivity index (χ4n) is 2.84. The van der Waals surface area contributed by atoms with Crippen molar-refractivity contribution in [2.75, 3.05) is 5.32 Å².